The molecule has 0 aliphatic rings. The van der Waals surface area contributed by atoms with Gasteiger partial charge in [0, 0.05) is 15.8 Å². The maximum atomic E-state index is 6.34. The van der Waals surface area contributed by atoms with Crippen LogP contribution in [-0.2, 0) is 0 Å². The first kappa shape index (κ1) is 12.7. The molecule has 1 rings (SSSR count). The maximum Gasteiger partial charge on any atom is 0.0418 e. The second-order valence-corrected chi connectivity index (χ2v) is 5.63. The van der Waals surface area contributed by atoms with Gasteiger partial charge in [0.2, 0.25) is 0 Å². The van der Waals surface area contributed by atoms with E-state index < -0.39 is 0 Å². The fourth-order valence-electron chi connectivity index (χ4n) is 2.11. The molecule has 86 valence electrons. The van der Waals surface area contributed by atoms with Crippen LogP contribution in [0.25, 0.3) is 0 Å². The van der Waals surface area contributed by atoms with Gasteiger partial charge in [-0.2, -0.15) is 0 Å². The van der Waals surface area contributed by atoms with E-state index in [9.17, 15) is 0 Å². The van der Waals surface area contributed by atoms with E-state index in [1.807, 2.05) is 11.3 Å². The Balaban J connectivity index is 2.66. The normalized spacial score (nSPS) is 13.4. The van der Waals surface area contributed by atoms with E-state index >= 15 is 0 Å². The lowest BCUT2D eigenvalue weighted by atomic mass is 9.90. The Kier molecular flexibility index (Phi) is 5.34. The zero-order chi connectivity index (χ0) is 11.3. The Hall–Kier alpha value is -0.340. The standard InChI is InChI=1S/C13H23NS/c1-4-6-11(7-5-2)13(14)12-9-8-10(3)15-12/h8-9,11,13H,4-7,14H2,1-3H3. The van der Waals surface area contributed by atoms with Gasteiger partial charge in [-0.25, -0.2) is 0 Å². The molecule has 0 amide bonds. The molecule has 15 heavy (non-hydrogen) atoms. The minimum atomic E-state index is 0.253. The molecule has 2 heteroatoms. The highest BCUT2D eigenvalue weighted by atomic mass is 32.1. The Labute approximate surface area is 97.7 Å². The molecule has 2 N–H and O–H groups in total. The molecule has 0 spiro atoms. The maximum absolute atomic E-state index is 6.34. The van der Waals surface area contributed by atoms with Gasteiger partial charge in [0.05, 0.1) is 0 Å². The fourth-order valence-corrected chi connectivity index (χ4v) is 3.08. The second-order valence-electron chi connectivity index (χ2n) is 4.31. The average molecular weight is 225 g/mol. The molecular weight excluding hydrogens is 202 g/mol. The smallest absolute Gasteiger partial charge is 0.0418 e. The summed E-state index contributed by atoms with van der Waals surface area (Å²) in [6.45, 7) is 6.64. The molecule has 1 nitrogen and oxygen atoms in total. The highest BCUT2D eigenvalue weighted by Crippen LogP contribution is 2.31. The van der Waals surface area contributed by atoms with Crippen molar-refractivity contribution in [1.29, 1.82) is 0 Å². The van der Waals surface area contributed by atoms with Crippen LogP contribution < -0.4 is 5.73 Å². The van der Waals surface area contributed by atoms with Gasteiger partial charge in [-0.1, -0.05) is 26.7 Å². The summed E-state index contributed by atoms with van der Waals surface area (Å²) in [6, 6.07) is 4.63. The predicted octanol–water partition coefficient (Wildman–Crippen LogP) is 4.27. The van der Waals surface area contributed by atoms with Gasteiger partial charge >= 0.3 is 0 Å². The first-order chi connectivity index (χ1) is 7.19. The van der Waals surface area contributed by atoms with Crippen LogP contribution >= 0.6 is 11.3 Å². The van der Waals surface area contributed by atoms with Gasteiger partial charge in [-0.15, -0.1) is 11.3 Å². The SMILES string of the molecule is CCCC(CCC)C(N)c1ccc(C)s1. The molecule has 0 aliphatic heterocycles. The zero-order valence-corrected chi connectivity index (χ0v) is 10.9. The van der Waals surface area contributed by atoms with Crippen molar-refractivity contribution in [3.8, 4) is 0 Å². The number of aryl methyl sites for hydroxylation is 1. The van der Waals surface area contributed by atoms with Gasteiger partial charge in [0.1, 0.15) is 0 Å². The van der Waals surface area contributed by atoms with Gasteiger partial charge in [-0.05, 0) is 37.8 Å². The summed E-state index contributed by atoms with van der Waals surface area (Å²) in [4.78, 5) is 2.73. The van der Waals surface area contributed by atoms with E-state index in [-0.39, 0.29) is 6.04 Å². The number of hydrogen-bond acceptors (Lipinski definition) is 2. The zero-order valence-electron chi connectivity index (χ0n) is 10.1. The first-order valence-corrected chi connectivity index (χ1v) is 6.82. The van der Waals surface area contributed by atoms with Crippen molar-refractivity contribution in [3.63, 3.8) is 0 Å². The lowest BCUT2D eigenvalue weighted by Crippen LogP contribution is -2.20. The number of thiophene rings is 1. The van der Waals surface area contributed by atoms with E-state index in [2.05, 4.69) is 32.9 Å². The third-order valence-corrected chi connectivity index (χ3v) is 4.02. The van der Waals surface area contributed by atoms with E-state index in [0.717, 1.165) is 0 Å². The molecule has 1 aromatic heterocycles. The topological polar surface area (TPSA) is 26.0 Å². The summed E-state index contributed by atoms with van der Waals surface area (Å²) in [6.07, 6.45) is 4.99. The summed E-state index contributed by atoms with van der Waals surface area (Å²) >= 11 is 1.85. The number of rotatable bonds is 6. The van der Waals surface area contributed by atoms with Crippen molar-refractivity contribution >= 4 is 11.3 Å². The van der Waals surface area contributed by atoms with E-state index in [1.165, 1.54) is 35.4 Å². The van der Waals surface area contributed by atoms with Crippen molar-refractivity contribution in [1.82, 2.24) is 0 Å². The monoisotopic (exact) mass is 225 g/mol. The van der Waals surface area contributed by atoms with Crippen molar-refractivity contribution in [2.75, 3.05) is 0 Å². The van der Waals surface area contributed by atoms with Crippen molar-refractivity contribution in [2.45, 2.75) is 52.5 Å². The third kappa shape index (κ3) is 3.62. The first-order valence-electron chi connectivity index (χ1n) is 6.00. The number of nitrogens with two attached hydrogens (primary N) is 1. The van der Waals surface area contributed by atoms with Crippen molar-refractivity contribution < 1.29 is 0 Å². The van der Waals surface area contributed by atoms with Crippen LogP contribution in [0.5, 0.6) is 0 Å². The highest BCUT2D eigenvalue weighted by molar-refractivity contribution is 7.12. The van der Waals surface area contributed by atoms with Crippen molar-refractivity contribution in [3.05, 3.63) is 21.9 Å². The van der Waals surface area contributed by atoms with Crippen LogP contribution in [-0.4, -0.2) is 0 Å². The molecule has 1 heterocycles. The molecule has 0 aliphatic carbocycles. The van der Waals surface area contributed by atoms with Crippen LogP contribution in [0.1, 0.15) is 55.3 Å². The Morgan fingerprint density at radius 3 is 2.20 bits per heavy atom. The van der Waals surface area contributed by atoms with E-state index in [4.69, 9.17) is 5.73 Å². The Morgan fingerprint density at radius 1 is 1.20 bits per heavy atom. The predicted molar refractivity (Wildman–Crippen MR) is 69.3 cm³/mol. The van der Waals surface area contributed by atoms with Crippen LogP contribution in [0.4, 0.5) is 0 Å². The largest absolute Gasteiger partial charge is 0.323 e. The molecule has 1 aromatic rings. The molecule has 1 unspecified atom stereocenters. The van der Waals surface area contributed by atoms with Crippen LogP contribution in [0.3, 0.4) is 0 Å². The van der Waals surface area contributed by atoms with Crippen LogP contribution in [0.2, 0.25) is 0 Å². The van der Waals surface area contributed by atoms with Gasteiger partial charge < -0.3 is 5.73 Å². The van der Waals surface area contributed by atoms with Gasteiger partial charge in [0.25, 0.3) is 0 Å². The lowest BCUT2D eigenvalue weighted by Gasteiger charge is -2.22. The molecule has 0 saturated heterocycles. The van der Waals surface area contributed by atoms with Crippen LogP contribution in [0.15, 0.2) is 12.1 Å². The van der Waals surface area contributed by atoms with Crippen molar-refractivity contribution in [2.24, 2.45) is 11.7 Å². The summed E-state index contributed by atoms with van der Waals surface area (Å²) < 4.78 is 0. The lowest BCUT2D eigenvalue weighted by molar-refractivity contribution is 0.372. The molecule has 0 radical (unpaired) electrons. The Bertz CT molecular complexity index is 274. The molecule has 1 atom stereocenters. The number of hydrogen-bond donors (Lipinski definition) is 1. The van der Waals surface area contributed by atoms with E-state index in [1.54, 1.807) is 0 Å². The van der Waals surface area contributed by atoms with Crippen LogP contribution in [0, 0.1) is 12.8 Å². The van der Waals surface area contributed by atoms with Gasteiger partial charge in [-0.3, -0.25) is 0 Å². The summed E-state index contributed by atoms with van der Waals surface area (Å²) in [5, 5.41) is 0. The highest BCUT2D eigenvalue weighted by Gasteiger charge is 2.18. The summed E-state index contributed by atoms with van der Waals surface area (Å²) in [5.41, 5.74) is 6.34. The Morgan fingerprint density at radius 2 is 1.80 bits per heavy atom. The van der Waals surface area contributed by atoms with Gasteiger partial charge in [0.15, 0.2) is 0 Å². The average Bonchev–Trinajstić information content (AvgIpc) is 2.63. The molecular formula is C13H23NS. The fraction of sp³-hybridized carbons (Fsp3) is 0.692. The third-order valence-electron chi connectivity index (χ3n) is 2.92. The minimum Gasteiger partial charge on any atom is -0.323 e. The molecule has 0 saturated carbocycles. The summed E-state index contributed by atoms with van der Waals surface area (Å²) in [7, 11) is 0. The summed E-state index contributed by atoms with van der Waals surface area (Å²) in [5.74, 6) is 0.665. The molecule has 0 fully saturated rings. The second kappa shape index (κ2) is 6.29. The minimum absolute atomic E-state index is 0.253. The quantitative estimate of drug-likeness (QED) is 0.768. The molecule has 0 aromatic carbocycles. The van der Waals surface area contributed by atoms with E-state index in [0.29, 0.717) is 5.92 Å². The molecule has 0 bridgehead atoms.